The van der Waals surface area contributed by atoms with Crippen LogP contribution in [-0.4, -0.2) is 35.4 Å². The zero-order valence-corrected chi connectivity index (χ0v) is 16.3. The third-order valence-electron chi connectivity index (χ3n) is 4.56. The number of amides is 1. The molecule has 26 heavy (non-hydrogen) atoms. The van der Waals surface area contributed by atoms with E-state index < -0.39 is 0 Å². The Morgan fingerprint density at radius 2 is 1.85 bits per heavy atom. The van der Waals surface area contributed by atoms with E-state index in [1.165, 1.54) is 22.6 Å². The molecular formula is C22H26N2OS. The number of nitrogens with one attached hydrogen (secondary N) is 1. The van der Waals surface area contributed by atoms with Gasteiger partial charge in [0.05, 0.1) is 0 Å². The van der Waals surface area contributed by atoms with Crippen molar-refractivity contribution in [3.63, 3.8) is 0 Å². The molecule has 136 valence electrons. The largest absolute Gasteiger partial charge is 0.322 e. The molecule has 1 amide bonds. The molecule has 1 aliphatic rings. The Hall–Kier alpha value is -2.04. The van der Waals surface area contributed by atoms with E-state index in [9.17, 15) is 4.79 Å². The summed E-state index contributed by atoms with van der Waals surface area (Å²) < 4.78 is 0. The van der Waals surface area contributed by atoms with Crippen LogP contribution in [0.3, 0.4) is 0 Å². The lowest BCUT2D eigenvalue weighted by atomic mass is 10.1. The minimum atomic E-state index is -0.102. The molecule has 0 saturated carbocycles. The van der Waals surface area contributed by atoms with Crippen LogP contribution in [0.2, 0.25) is 0 Å². The van der Waals surface area contributed by atoms with Crippen molar-refractivity contribution in [1.82, 2.24) is 4.90 Å². The average molecular weight is 367 g/mol. The van der Waals surface area contributed by atoms with E-state index >= 15 is 0 Å². The maximum Gasteiger partial charge on any atom is 0.248 e. The lowest BCUT2D eigenvalue weighted by Crippen LogP contribution is -2.31. The van der Waals surface area contributed by atoms with Crippen molar-refractivity contribution in [1.29, 1.82) is 0 Å². The van der Waals surface area contributed by atoms with Gasteiger partial charge in [-0.15, -0.1) is 0 Å². The molecule has 0 aliphatic carbocycles. The number of hydrogen-bond acceptors (Lipinski definition) is 3. The second-order valence-electron chi connectivity index (χ2n) is 6.77. The van der Waals surface area contributed by atoms with Gasteiger partial charge in [-0.1, -0.05) is 42.0 Å². The molecular weight excluding hydrogens is 340 g/mol. The number of hydrogen-bond donors (Lipinski definition) is 1. The first-order valence-electron chi connectivity index (χ1n) is 9.05. The monoisotopic (exact) mass is 366 g/mol. The van der Waals surface area contributed by atoms with Crippen LogP contribution in [0.1, 0.15) is 22.3 Å². The maximum absolute atomic E-state index is 12.2. The van der Waals surface area contributed by atoms with Crippen molar-refractivity contribution < 1.29 is 4.79 Å². The molecule has 1 N–H and O–H groups in total. The Labute approximate surface area is 160 Å². The maximum atomic E-state index is 12.2. The number of carbonyl (C=O) groups excluding carboxylic acids is 1. The number of nitrogens with zero attached hydrogens (tertiary/aromatic N) is 1. The van der Waals surface area contributed by atoms with E-state index in [1.807, 2.05) is 48.2 Å². The zero-order chi connectivity index (χ0) is 18.4. The molecule has 1 heterocycles. The fourth-order valence-electron chi connectivity index (χ4n) is 3.01. The second-order valence-corrected chi connectivity index (χ2v) is 8.00. The highest BCUT2D eigenvalue weighted by molar-refractivity contribution is 7.99. The van der Waals surface area contributed by atoms with Crippen LogP contribution in [0.25, 0.3) is 6.08 Å². The highest BCUT2D eigenvalue weighted by Crippen LogP contribution is 2.19. The van der Waals surface area contributed by atoms with Gasteiger partial charge in [-0.05, 0) is 42.7 Å². The Bertz CT molecular complexity index is 777. The van der Waals surface area contributed by atoms with E-state index in [2.05, 4.69) is 36.2 Å². The smallest absolute Gasteiger partial charge is 0.248 e. The van der Waals surface area contributed by atoms with E-state index in [1.54, 1.807) is 6.08 Å². The standard InChI is InChI=1S/C22H26N2OS/c1-17-3-5-19(6-4-17)8-10-22(25)23-21-9-7-20(15-18(21)2)16-24-11-13-26-14-12-24/h3-10,15H,11-14,16H2,1-2H3,(H,23,25)/b10-8+. The third-order valence-corrected chi connectivity index (χ3v) is 5.51. The molecule has 1 aliphatic heterocycles. The number of rotatable bonds is 5. The van der Waals surface area contributed by atoms with Crippen molar-refractivity contribution in [2.45, 2.75) is 20.4 Å². The highest BCUT2D eigenvalue weighted by atomic mass is 32.2. The first kappa shape index (κ1) is 18.7. The predicted molar refractivity (Wildman–Crippen MR) is 113 cm³/mol. The lowest BCUT2D eigenvalue weighted by molar-refractivity contribution is -0.111. The van der Waals surface area contributed by atoms with Gasteiger partial charge in [0.2, 0.25) is 5.91 Å². The molecule has 0 radical (unpaired) electrons. The molecule has 0 bridgehead atoms. The fourth-order valence-corrected chi connectivity index (χ4v) is 3.98. The van der Waals surface area contributed by atoms with Crippen LogP contribution >= 0.6 is 11.8 Å². The summed E-state index contributed by atoms with van der Waals surface area (Å²) in [6.07, 6.45) is 3.43. The summed E-state index contributed by atoms with van der Waals surface area (Å²) in [4.78, 5) is 14.7. The molecule has 2 aromatic carbocycles. The van der Waals surface area contributed by atoms with Crippen molar-refractivity contribution in [3.05, 3.63) is 70.8 Å². The molecule has 0 aromatic heterocycles. The summed E-state index contributed by atoms with van der Waals surface area (Å²) in [6, 6.07) is 14.4. The van der Waals surface area contributed by atoms with Crippen molar-refractivity contribution in [3.8, 4) is 0 Å². The van der Waals surface area contributed by atoms with Crippen molar-refractivity contribution >= 4 is 29.4 Å². The fraction of sp³-hybridized carbons (Fsp3) is 0.318. The Balaban J connectivity index is 1.58. The number of aryl methyl sites for hydroxylation is 2. The molecule has 0 unspecified atom stereocenters. The molecule has 4 heteroatoms. The van der Waals surface area contributed by atoms with Crippen LogP contribution in [0, 0.1) is 13.8 Å². The van der Waals surface area contributed by atoms with Gasteiger partial charge in [0.1, 0.15) is 0 Å². The van der Waals surface area contributed by atoms with Gasteiger partial charge in [-0.25, -0.2) is 0 Å². The van der Waals surface area contributed by atoms with Gasteiger partial charge < -0.3 is 5.32 Å². The molecule has 0 spiro atoms. The number of benzene rings is 2. The summed E-state index contributed by atoms with van der Waals surface area (Å²) in [5.74, 6) is 2.34. The summed E-state index contributed by atoms with van der Waals surface area (Å²) in [5, 5.41) is 2.98. The number of anilines is 1. The first-order valence-corrected chi connectivity index (χ1v) is 10.2. The highest BCUT2D eigenvalue weighted by Gasteiger charge is 2.11. The summed E-state index contributed by atoms with van der Waals surface area (Å²) in [6.45, 7) is 7.41. The first-order chi connectivity index (χ1) is 12.6. The average Bonchev–Trinajstić information content (AvgIpc) is 2.64. The van der Waals surface area contributed by atoms with E-state index in [-0.39, 0.29) is 5.91 Å². The SMILES string of the molecule is Cc1ccc(/C=C/C(=O)Nc2ccc(CN3CCSCC3)cc2C)cc1. The summed E-state index contributed by atoms with van der Waals surface area (Å²) in [5.41, 5.74) is 5.53. The summed E-state index contributed by atoms with van der Waals surface area (Å²) >= 11 is 2.03. The van der Waals surface area contributed by atoms with Gasteiger partial charge in [0.25, 0.3) is 0 Å². The van der Waals surface area contributed by atoms with Gasteiger partial charge in [0, 0.05) is 42.9 Å². The quantitative estimate of drug-likeness (QED) is 0.791. The lowest BCUT2D eigenvalue weighted by Gasteiger charge is -2.26. The van der Waals surface area contributed by atoms with Gasteiger partial charge in [-0.3, -0.25) is 9.69 Å². The number of carbonyl (C=O) groups is 1. The van der Waals surface area contributed by atoms with E-state index in [0.717, 1.165) is 36.4 Å². The predicted octanol–water partition coefficient (Wildman–Crippen LogP) is 4.50. The molecule has 3 rings (SSSR count). The Kier molecular flexibility index (Phi) is 6.53. The van der Waals surface area contributed by atoms with Crippen molar-refractivity contribution in [2.75, 3.05) is 29.9 Å². The van der Waals surface area contributed by atoms with Gasteiger partial charge in [-0.2, -0.15) is 11.8 Å². The summed E-state index contributed by atoms with van der Waals surface area (Å²) in [7, 11) is 0. The topological polar surface area (TPSA) is 32.3 Å². The minimum absolute atomic E-state index is 0.102. The van der Waals surface area contributed by atoms with Crippen LogP contribution < -0.4 is 5.32 Å². The second kappa shape index (κ2) is 9.06. The van der Waals surface area contributed by atoms with E-state index in [0.29, 0.717) is 0 Å². The minimum Gasteiger partial charge on any atom is -0.322 e. The Morgan fingerprint density at radius 3 is 2.54 bits per heavy atom. The van der Waals surface area contributed by atoms with E-state index in [4.69, 9.17) is 0 Å². The van der Waals surface area contributed by atoms with Crippen LogP contribution in [-0.2, 0) is 11.3 Å². The molecule has 1 saturated heterocycles. The normalized spacial score (nSPS) is 15.3. The van der Waals surface area contributed by atoms with Gasteiger partial charge in [0.15, 0.2) is 0 Å². The van der Waals surface area contributed by atoms with Gasteiger partial charge >= 0.3 is 0 Å². The molecule has 0 atom stereocenters. The van der Waals surface area contributed by atoms with Crippen LogP contribution in [0.15, 0.2) is 48.5 Å². The molecule has 1 fully saturated rings. The van der Waals surface area contributed by atoms with Crippen LogP contribution in [0.5, 0.6) is 0 Å². The van der Waals surface area contributed by atoms with Crippen LogP contribution in [0.4, 0.5) is 5.69 Å². The molecule has 2 aromatic rings. The Morgan fingerprint density at radius 1 is 1.12 bits per heavy atom. The zero-order valence-electron chi connectivity index (χ0n) is 15.5. The van der Waals surface area contributed by atoms with Crippen molar-refractivity contribution in [2.24, 2.45) is 0 Å². The number of thioether (sulfide) groups is 1. The third kappa shape index (κ3) is 5.48. The molecule has 3 nitrogen and oxygen atoms in total.